The van der Waals surface area contributed by atoms with Crippen molar-refractivity contribution in [2.75, 3.05) is 13.2 Å². The van der Waals surface area contributed by atoms with E-state index in [4.69, 9.17) is 4.74 Å². The number of nitrogens with one attached hydrogen (secondary N) is 2. The molecule has 0 aliphatic carbocycles. The first-order valence-electron chi connectivity index (χ1n) is 9.36. The minimum Gasteiger partial charge on any atom is -0.484 e. The van der Waals surface area contributed by atoms with Gasteiger partial charge in [-0.25, -0.2) is 17.5 Å². The van der Waals surface area contributed by atoms with Crippen LogP contribution in [0.1, 0.15) is 37.9 Å². The number of halogens is 1. The molecule has 1 unspecified atom stereocenters. The maximum atomic E-state index is 13.0. The summed E-state index contributed by atoms with van der Waals surface area (Å²) in [6.07, 6.45) is 0. The predicted octanol–water partition coefficient (Wildman–Crippen LogP) is 3.32. The number of hydrogen-bond donors (Lipinski definition) is 2. The molecule has 1 atom stereocenters. The fourth-order valence-corrected chi connectivity index (χ4v) is 3.87. The Balaban J connectivity index is 1.95. The molecule has 2 aromatic carbocycles. The zero-order chi connectivity index (χ0) is 21.6. The molecule has 0 aliphatic heterocycles. The largest absolute Gasteiger partial charge is 0.484 e. The lowest BCUT2D eigenvalue weighted by molar-refractivity contribution is -0.123. The van der Waals surface area contributed by atoms with E-state index in [0.29, 0.717) is 17.9 Å². The van der Waals surface area contributed by atoms with Crippen molar-refractivity contribution in [2.45, 2.75) is 38.6 Å². The summed E-state index contributed by atoms with van der Waals surface area (Å²) in [6.45, 7) is 7.49. The molecule has 0 aliphatic rings. The number of ether oxygens (including phenoxy) is 1. The number of carbonyl (C=O) groups is 1. The number of rotatable bonds is 9. The van der Waals surface area contributed by atoms with Crippen molar-refractivity contribution < 1.29 is 22.3 Å². The van der Waals surface area contributed by atoms with Crippen molar-refractivity contribution in [3.63, 3.8) is 0 Å². The van der Waals surface area contributed by atoms with Crippen LogP contribution in [0.3, 0.4) is 0 Å². The smallest absolute Gasteiger partial charge is 0.258 e. The molecular weight excluding hydrogens is 395 g/mol. The first kappa shape index (κ1) is 22.8. The summed E-state index contributed by atoms with van der Waals surface area (Å²) in [5.41, 5.74) is 1.39. The Morgan fingerprint density at radius 3 is 2.34 bits per heavy atom. The normalized spacial score (nSPS) is 12.6. The lowest BCUT2D eigenvalue weighted by atomic mass is 10.1. The molecule has 6 nitrogen and oxygen atoms in total. The molecular formula is C21H27FN2O4S. The fourth-order valence-electron chi connectivity index (χ4n) is 2.57. The van der Waals surface area contributed by atoms with E-state index in [-0.39, 0.29) is 35.2 Å². The summed E-state index contributed by atoms with van der Waals surface area (Å²) < 4.78 is 45.7. The lowest BCUT2D eigenvalue weighted by Gasteiger charge is -2.16. The first-order valence-corrected chi connectivity index (χ1v) is 10.8. The third kappa shape index (κ3) is 6.83. The van der Waals surface area contributed by atoms with Gasteiger partial charge >= 0.3 is 0 Å². The average molecular weight is 423 g/mol. The van der Waals surface area contributed by atoms with Gasteiger partial charge < -0.3 is 10.1 Å². The standard InChI is InChI=1S/C21H27FN2O4S/c1-14(2)12-23-29(26,27)19-9-10-20(15(3)11-19)28-13-21(25)24-16(4)17-5-7-18(22)8-6-17/h5-11,14,16,23H,12-13H2,1-4H3,(H,24,25). The highest BCUT2D eigenvalue weighted by atomic mass is 32.2. The molecule has 8 heteroatoms. The van der Waals surface area contributed by atoms with Gasteiger partial charge in [-0.05, 0) is 61.2 Å². The molecule has 0 saturated carbocycles. The number of hydrogen-bond acceptors (Lipinski definition) is 4. The molecule has 0 saturated heterocycles. The number of benzene rings is 2. The summed E-state index contributed by atoms with van der Waals surface area (Å²) in [5.74, 6) is -0.0471. The summed E-state index contributed by atoms with van der Waals surface area (Å²) in [6, 6.07) is 10.1. The fraction of sp³-hybridized carbons (Fsp3) is 0.381. The Morgan fingerprint density at radius 1 is 1.10 bits per heavy atom. The molecule has 2 rings (SSSR count). The van der Waals surface area contributed by atoms with E-state index < -0.39 is 10.0 Å². The molecule has 0 aromatic heterocycles. The van der Waals surface area contributed by atoms with E-state index in [9.17, 15) is 17.6 Å². The van der Waals surface area contributed by atoms with Gasteiger partial charge in [0.25, 0.3) is 5.91 Å². The Labute approximate surface area is 171 Å². The van der Waals surface area contributed by atoms with E-state index in [2.05, 4.69) is 10.0 Å². The first-order chi connectivity index (χ1) is 13.6. The molecule has 0 bridgehead atoms. The van der Waals surface area contributed by atoms with E-state index in [1.165, 1.54) is 30.3 Å². The van der Waals surface area contributed by atoms with Crippen molar-refractivity contribution >= 4 is 15.9 Å². The van der Waals surface area contributed by atoms with E-state index in [0.717, 1.165) is 5.56 Å². The van der Waals surface area contributed by atoms with Crippen LogP contribution in [0.15, 0.2) is 47.4 Å². The Hall–Kier alpha value is -2.45. The van der Waals surface area contributed by atoms with Crippen LogP contribution in [-0.4, -0.2) is 27.5 Å². The van der Waals surface area contributed by atoms with Crippen molar-refractivity contribution in [3.05, 3.63) is 59.4 Å². The summed E-state index contributed by atoms with van der Waals surface area (Å²) in [5, 5.41) is 2.78. The quantitative estimate of drug-likeness (QED) is 0.649. The second-order valence-corrected chi connectivity index (χ2v) is 9.07. The van der Waals surface area contributed by atoms with Gasteiger partial charge in [0.15, 0.2) is 6.61 Å². The number of aryl methyl sites for hydroxylation is 1. The van der Waals surface area contributed by atoms with Crippen LogP contribution in [0.4, 0.5) is 4.39 Å². The average Bonchev–Trinajstić information content (AvgIpc) is 2.66. The van der Waals surface area contributed by atoms with Crippen molar-refractivity contribution in [3.8, 4) is 5.75 Å². The van der Waals surface area contributed by atoms with E-state index in [1.54, 1.807) is 26.0 Å². The highest BCUT2D eigenvalue weighted by Crippen LogP contribution is 2.22. The van der Waals surface area contributed by atoms with Crippen molar-refractivity contribution in [1.82, 2.24) is 10.0 Å². The van der Waals surface area contributed by atoms with Gasteiger partial charge in [0.1, 0.15) is 11.6 Å². The van der Waals surface area contributed by atoms with E-state index >= 15 is 0 Å². The Kier molecular flexibility index (Phi) is 7.75. The third-order valence-corrected chi connectivity index (χ3v) is 5.67. The molecule has 0 spiro atoms. The molecule has 0 heterocycles. The second-order valence-electron chi connectivity index (χ2n) is 7.30. The Morgan fingerprint density at radius 2 is 1.76 bits per heavy atom. The SMILES string of the molecule is Cc1cc(S(=O)(=O)NCC(C)C)ccc1OCC(=O)NC(C)c1ccc(F)cc1. The van der Waals surface area contributed by atoms with Gasteiger partial charge in [-0.1, -0.05) is 26.0 Å². The van der Waals surface area contributed by atoms with Gasteiger partial charge in [-0.3, -0.25) is 4.79 Å². The molecule has 1 amide bonds. The van der Waals surface area contributed by atoms with Crippen LogP contribution in [0.2, 0.25) is 0 Å². The van der Waals surface area contributed by atoms with Crippen LogP contribution in [0.5, 0.6) is 5.75 Å². The summed E-state index contributed by atoms with van der Waals surface area (Å²) in [4.78, 5) is 12.3. The van der Waals surface area contributed by atoms with Crippen molar-refractivity contribution in [2.24, 2.45) is 5.92 Å². The Bertz CT molecular complexity index is 944. The van der Waals surface area contributed by atoms with Gasteiger partial charge in [-0.2, -0.15) is 0 Å². The maximum Gasteiger partial charge on any atom is 0.258 e. The highest BCUT2D eigenvalue weighted by Gasteiger charge is 2.16. The molecule has 2 aromatic rings. The lowest BCUT2D eigenvalue weighted by Crippen LogP contribution is -2.31. The number of amides is 1. The van der Waals surface area contributed by atoms with Crippen LogP contribution in [-0.2, 0) is 14.8 Å². The third-order valence-electron chi connectivity index (χ3n) is 4.24. The van der Waals surface area contributed by atoms with Crippen LogP contribution in [0.25, 0.3) is 0 Å². The van der Waals surface area contributed by atoms with Gasteiger partial charge in [0, 0.05) is 6.54 Å². The van der Waals surface area contributed by atoms with Crippen LogP contribution >= 0.6 is 0 Å². The van der Waals surface area contributed by atoms with Gasteiger partial charge in [0.05, 0.1) is 10.9 Å². The maximum absolute atomic E-state index is 13.0. The van der Waals surface area contributed by atoms with Gasteiger partial charge in [-0.15, -0.1) is 0 Å². The minimum atomic E-state index is -3.59. The molecule has 29 heavy (non-hydrogen) atoms. The van der Waals surface area contributed by atoms with E-state index in [1.807, 2.05) is 13.8 Å². The monoisotopic (exact) mass is 422 g/mol. The number of carbonyl (C=O) groups excluding carboxylic acids is 1. The second kappa shape index (κ2) is 9.84. The predicted molar refractivity (Wildman–Crippen MR) is 110 cm³/mol. The number of sulfonamides is 1. The molecule has 0 fully saturated rings. The molecule has 158 valence electrons. The molecule has 2 N–H and O–H groups in total. The summed E-state index contributed by atoms with van der Waals surface area (Å²) in [7, 11) is -3.59. The highest BCUT2D eigenvalue weighted by molar-refractivity contribution is 7.89. The van der Waals surface area contributed by atoms with Crippen molar-refractivity contribution in [1.29, 1.82) is 0 Å². The minimum absolute atomic E-state index is 0.150. The topological polar surface area (TPSA) is 84.5 Å². The summed E-state index contributed by atoms with van der Waals surface area (Å²) >= 11 is 0. The van der Waals surface area contributed by atoms with Crippen LogP contribution in [0, 0.1) is 18.7 Å². The zero-order valence-electron chi connectivity index (χ0n) is 17.0. The van der Waals surface area contributed by atoms with Crippen LogP contribution < -0.4 is 14.8 Å². The van der Waals surface area contributed by atoms with Gasteiger partial charge in [0.2, 0.25) is 10.0 Å². The molecule has 0 radical (unpaired) electrons. The zero-order valence-corrected chi connectivity index (χ0v) is 17.8.